The first-order valence-corrected chi connectivity index (χ1v) is 9.45. The number of carbonyl (C=O) groups is 1. The van der Waals surface area contributed by atoms with Crippen LogP contribution in [0, 0.1) is 0 Å². The van der Waals surface area contributed by atoms with Crippen LogP contribution in [0.1, 0.15) is 23.4 Å². The average Bonchev–Trinajstić information content (AvgIpc) is 2.97. The Balaban J connectivity index is 1.99. The van der Waals surface area contributed by atoms with Crippen LogP contribution < -0.4 is 5.32 Å². The lowest BCUT2D eigenvalue weighted by Crippen LogP contribution is -2.24. The van der Waals surface area contributed by atoms with E-state index >= 15 is 0 Å². The molecule has 2 aromatic rings. The summed E-state index contributed by atoms with van der Waals surface area (Å²) < 4.78 is 22.8. The second-order valence-corrected chi connectivity index (χ2v) is 7.92. The van der Waals surface area contributed by atoms with Crippen LogP contribution in [-0.4, -0.2) is 20.6 Å². The molecule has 1 amide bonds. The zero-order chi connectivity index (χ0) is 16.2. The Kier molecular flexibility index (Phi) is 5.15. The van der Waals surface area contributed by atoms with Gasteiger partial charge in [0.1, 0.15) is 0 Å². The number of rotatable bonds is 5. The fourth-order valence-corrected chi connectivity index (χ4v) is 3.14. The van der Waals surface area contributed by atoms with Crippen LogP contribution in [0.15, 0.2) is 52.7 Å². The predicted octanol–water partition coefficient (Wildman–Crippen LogP) is 3.04. The van der Waals surface area contributed by atoms with E-state index in [9.17, 15) is 13.2 Å². The van der Waals surface area contributed by atoms with E-state index in [2.05, 4.69) is 5.32 Å². The van der Waals surface area contributed by atoms with Crippen molar-refractivity contribution < 1.29 is 13.2 Å². The smallest absolute Gasteiger partial charge is 0.244 e. The summed E-state index contributed by atoms with van der Waals surface area (Å²) in [6, 6.07) is 10.2. The number of hydrogen-bond acceptors (Lipinski definition) is 4. The molecule has 0 spiro atoms. The second kappa shape index (κ2) is 6.89. The molecule has 0 fully saturated rings. The van der Waals surface area contributed by atoms with Gasteiger partial charge < -0.3 is 5.32 Å². The summed E-state index contributed by atoms with van der Waals surface area (Å²) in [5.74, 6) is -0.187. The van der Waals surface area contributed by atoms with E-state index in [0.29, 0.717) is 0 Å². The van der Waals surface area contributed by atoms with Gasteiger partial charge in [0, 0.05) is 17.2 Å². The van der Waals surface area contributed by atoms with Crippen molar-refractivity contribution in [1.29, 1.82) is 0 Å². The summed E-state index contributed by atoms with van der Waals surface area (Å²) in [7, 11) is -3.20. The minimum atomic E-state index is -3.20. The number of hydrogen-bond donors (Lipinski definition) is 1. The third kappa shape index (κ3) is 4.54. The SMILES string of the molecule is CC(NC(=O)/C=C/c1cccs1)c1ccc(S(C)(=O)=O)cc1. The Morgan fingerprint density at radius 3 is 2.45 bits per heavy atom. The summed E-state index contributed by atoms with van der Waals surface area (Å²) in [4.78, 5) is 13.1. The van der Waals surface area contributed by atoms with Gasteiger partial charge in [0.15, 0.2) is 9.84 Å². The van der Waals surface area contributed by atoms with Crippen LogP contribution in [-0.2, 0) is 14.6 Å². The van der Waals surface area contributed by atoms with E-state index in [1.54, 1.807) is 41.7 Å². The van der Waals surface area contributed by atoms with E-state index in [1.165, 1.54) is 12.3 Å². The van der Waals surface area contributed by atoms with Crippen LogP contribution >= 0.6 is 11.3 Å². The van der Waals surface area contributed by atoms with Crippen molar-refractivity contribution in [3.63, 3.8) is 0 Å². The molecule has 1 aromatic carbocycles. The van der Waals surface area contributed by atoms with Crippen molar-refractivity contribution in [2.75, 3.05) is 6.26 Å². The Bertz CT molecular complexity index is 760. The minimum Gasteiger partial charge on any atom is -0.346 e. The fourth-order valence-electron chi connectivity index (χ4n) is 1.89. The normalized spacial score (nSPS) is 13.2. The van der Waals surface area contributed by atoms with Crippen LogP contribution in [0.5, 0.6) is 0 Å². The summed E-state index contributed by atoms with van der Waals surface area (Å²) in [5.41, 5.74) is 0.852. The first kappa shape index (κ1) is 16.5. The molecule has 1 heterocycles. The lowest BCUT2D eigenvalue weighted by atomic mass is 10.1. The molecule has 1 unspecified atom stereocenters. The Morgan fingerprint density at radius 2 is 1.91 bits per heavy atom. The van der Waals surface area contributed by atoms with Crippen LogP contribution in [0.3, 0.4) is 0 Å². The second-order valence-electron chi connectivity index (χ2n) is 4.92. The standard InChI is InChI=1S/C16H17NO3S2/c1-12(13-5-8-15(9-6-13)22(2,19)20)17-16(18)10-7-14-4-3-11-21-14/h3-12H,1-2H3,(H,17,18)/b10-7+. The molecule has 2 rings (SSSR count). The highest BCUT2D eigenvalue weighted by atomic mass is 32.2. The van der Waals surface area contributed by atoms with E-state index < -0.39 is 9.84 Å². The fraction of sp³-hybridized carbons (Fsp3) is 0.188. The topological polar surface area (TPSA) is 63.2 Å². The highest BCUT2D eigenvalue weighted by Gasteiger charge is 2.10. The van der Waals surface area contributed by atoms with Gasteiger partial charge in [-0.2, -0.15) is 0 Å². The molecule has 0 saturated carbocycles. The molecular weight excluding hydrogens is 318 g/mol. The minimum absolute atomic E-state index is 0.187. The Labute approximate surface area is 134 Å². The van der Waals surface area contributed by atoms with E-state index in [0.717, 1.165) is 10.4 Å². The maximum atomic E-state index is 11.9. The Morgan fingerprint density at radius 1 is 1.23 bits per heavy atom. The number of benzene rings is 1. The zero-order valence-electron chi connectivity index (χ0n) is 12.3. The number of thiophene rings is 1. The van der Waals surface area contributed by atoms with Crippen molar-refractivity contribution in [1.82, 2.24) is 5.32 Å². The molecule has 0 aliphatic rings. The van der Waals surface area contributed by atoms with Gasteiger partial charge in [0.25, 0.3) is 0 Å². The summed E-state index contributed by atoms with van der Waals surface area (Å²) in [6.07, 6.45) is 4.43. The van der Waals surface area contributed by atoms with Crippen LogP contribution in [0.25, 0.3) is 6.08 Å². The summed E-state index contributed by atoms with van der Waals surface area (Å²) in [6.45, 7) is 1.85. The molecule has 1 atom stereocenters. The van der Waals surface area contributed by atoms with Crippen molar-refractivity contribution in [2.45, 2.75) is 17.9 Å². The first-order valence-electron chi connectivity index (χ1n) is 6.68. The molecule has 22 heavy (non-hydrogen) atoms. The van der Waals surface area contributed by atoms with Gasteiger partial charge in [-0.05, 0) is 42.1 Å². The molecule has 4 nitrogen and oxygen atoms in total. The van der Waals surface area contributed by atoms with Gasteiger partial charge in [-0.15, -0.1) is 11.3 Å². The lowest BCUT2D eigenvalue weighted by molar-refractivity contribution is -0.117. The van der Waals surface area contributed by atoms with E-state index in [1.807, 2.05) is 24.4 Å². The number of sulfone groups is 1. The molecule has 0 aliphatic carbocycles. The largest absolute Gasteiger partial charge is 0.346 e. The van der Waals surface area contributed by atoms with Crippen molar-refractivity contribution in [3.8, 4) is 0 Å². The molecule has 0 bridgehead atoms. The number of nitrogens with one attached hydrogen (secondary N) is 1. The van der Waals surface area contributed by atoms with Crippen LogP contribution in [0.4, 0.5) is 0 Å². The average molecular weight is 335 g/mol. The monoisotopic (exact) mass is 335 g/mol. The van der Waals surface area contributed by atoms with E-state index in [-0.39, 0.29) is 16.8 Å². The lowest BCUT2D eigenvalue weighted by Gasteiger charge is -2.13. The highest BCUT2D eigenvalue weighted by molar-refractivity contribution is 7.90. The van der Waals surface area contributed by atoms with Crippen molar-refractivity contribution in [3.05, 3.63) is 58.3 Å². The summed E-state index contributed by atoms with van der Waals surface area (Å²) in [5, 5.41) is 4.79. The molecule has 0 saturated heterocycles. The van der Waals surface area contributed by atoms with E-state index in [4.69, 9.17) is 0 Å². The molecule has 1 N–H and O–H groups in total. The van der Waals surface area contributed by atoms with Crippen molar-refractivity contribution in [2.24, 2.45) is 0 Å². The van der Waals surface area contributed by atoms with Crippen molar-refractivity contribution >= 4 is 33.2 Å². The molecular formula is C16H17NO3S2. The first-order chi connectivity index (χ1) is 10.4. The Hall–Kier alpha value is -1.92. The number of amides is 1. The zero-order valence-corrected chi connectivity index (χ0v) is 13.9. The quantitative estimate of drug-likeness (QED) is 0.854. The third-order valence-corrected chi connectivity index (χ3v) is 5.08. The van der Waals surface area contributed by atoms with Gasteiger partial charge in [-0.3, -0.25) is 4.79 Å². The van der Waals surface area contributed by atoms with Gasteiger partial charge in [-0.25, -0.2) is 8.42 Å². The number of carbonyl (C=O) groups excluding carboxylic acids is 1. The van der Waals surface area contributed by atoms with Gasteiger partial charge in [0.2, 0.25) is 5.91 Å². The molecule has 0 aliphatic heterocycles. The molecule has 0 radical (unpaired) electrons. The molecule has 1 aromatic heterocycles. The molecule has 6 heteroatoms. The summed E-state index contributed by atoms with van der Waals surface area (Å²) >= 11 is 1.56. The maximum Gasteiger partial charge on any atom is 0.244 e. The maximum absolute atomic E-state index is 11.9. The van der Waals surface area contributed by atoms with Gasteiger partial charge >= 0.3 is 0 Å². The van der Waals surface area contributed by atoms with Crippen LogP contribution in [0.2, 0.25) is 0 Å². The molecule has 116 valence electrons. The predicted molar refractivity (Wildman–Crippen MR) is 89.5 cm³/mol. The van der Waals surface area contributed by atoms with Gasteiger partial charge in [0.05, 0.1) is 10.9 Å². The third-order valence-electron chi connectivity index (χ3n) is 3.11. The highest BCUT2D eigenvalue weighted by Crippen LogP contribution is 2.16. The van der Waals surface area contributed by atoms with Gasteiger partial charge in [-0.1, -0.05) is 18.2 Å².